The van der Waals surface area contributed by atoms with E-state index in [0.29, 0.717) is 0 Å². The van der Waals surface area contributed by atoms with Gasteiger partial charge in [-0.15, -0.1) is 0 Å². The molecule has 0 aromatic heterocycles. The molecule has 0 spiro atoms. The molecule has 9 heavy (non-hydrogen) atoms. The largest absolute Gasteiger partial charge is 0.571 e. The lowest BCUT2D eigenvalue weighted by molar-refractivity contribution is -1.07. The van der Waals surface area contributed by atoms with Gasteiger partial charge in [0.15, 0.2) is 0 Å². The number of quaternary nitrogens is 1. The number of rotatable bonds is 2. The fraction of sp³-hybridized carbons (Fsp3) is 1.00. The minimum absolute atomic E-state index is 0.540. The van der Waals surface area contributed by atoms with E-state index in [2.05, 4.69) is 10.1 Å². The summed E-state index contributed by atoms with van der Waals surface area (Å²) in [7, 11) is 0. The molecule has 5 heteroatoms. The summed E-state index contributed by atoms with van der Waals surface area (Å²) < 4.78 is 0. The van der Waals surface area contributed by atoms with Gasteiger partial charge >= 0.3 is 0 Å². The summed E-state index contributed by atoms with van der Waals surface area (Å²) in [5, 5.41) is 12.0. The van der Waals surface area contributed by atoms with Gasteiger partial charge in [0.2, 0.25) is 0 Å². The van der Waals surface area contributed by atoms with E-state index in [1.807, 2.05) is 0 Å². The maximum atomic E-state index is 10.3. The monoisotopic (exact) mass is 133 g/mol. The summed E-state index contributed by atoms with van der Waals surface area (Å²) in [6, 6.07) is 0. The zero-order valence-corrected chi connectivity index (χ0v) is 5.76. The maximum absolute atomic E-state index is 10.3. The Bertz CT molecular complexity index is 98.5. The lowest BCUT2D eigenvalue weighted by atomic mass is 10.2. The molecule has 54 valence electrons. The van der Waals surface area contributed by atoms with E-state index in [-0.39, 0.29) is 0 Å². The minimum atomic E-state index is -0.845. The van der Waals surface area contributed by atoms with Crippen LogP contribution < -0.4 is 5.34 Å². The van der Waals surface area contributed by atoms with Crippen molar-refractivity contribution in [2.45, 2.75) is 26.4 Å². The highest BCUT2D eigenvalue weighted by Crippen LogP contribution is 2.00. The van der Waals surface area contributed by atoms with Crippen molar-refractivity contribution in [2.75, 3.05) is 0 Å². The Hall–Kier alpha value is -0.520. The Morgan fingerprint density at radius 2 is 2.00 bits per heavy atom. The van der Waals surface area contributed by atoms with Crippen LogP contribution in [0.4, 0.5) is 0 Å². The van der Waals surface area contributed by atoms with Crippen LogP contribution in [0.15, 0.2) is 5.22 Å². The molecule has 0 saturated heterocycles. The van der Waals surface area contributed by atoms with Crippen LogP contribution in [-0.4, -0.2) is 5.60 Å². The summed E-state index contributed by atoms with van der Waals surface area (Å²) in [4.78, 5) is 4.59. The first-order valence-electron chi connectivity index (χ1n) is 2.56. The predicted molar refractivity (Wildman–Crippen MR) is 30.3 cm³/mol. The van der Waals surface area contributed by atoms with Crippen LogP contribution in [0.5, 0.6) is 0 Å². The van der Waals surface area contributed by atoms with Gasteiger partial charge in [0.1, 0.15) is 5.60 Å². The van der Waals surface area contributed by atoms with Crippen molar-refractivity contribution >= 4 is 0 Å². The molecule has 0 bridgehead atoms. The highest BCUT2D eigenvalue weighted by atomic mass is 16.9. The molecule has 0 aromatic carbocycles. The standard InChI is InChI=1S/C4H11N3O2/c1-4(2,3)9-7(8)6-5/h5,7H,1-3H3. The lowest BCUT2D eigenvalue weighted by Gasteiger charge is -2.20. The number of nitrogens with one attached hydrogen (secondary N) is 2. The van der Waals surface area contributed by atoms with Crippen molar-refractivity contribution < 1.29 is 10.2 Å². The summed E-state index contributed by atoms with van der Waals surface area (Å²) >= 11 is 0. The average molecular weight is 133 g/mol. The predicted octanol–water partition coefficient (Wildman–Crippen LogP) is 0.0452. The number of hydrogen-bond acceptors (Lipinski definition) is 4. The van der Waals surface area contributed by atoms with E-state index < -0.39 is 10.9 Å². The molecule has 2 N–H and O–H groups in total. The Labute approximate surface area is 53.6 Å². The molecule has 0 saturated carbocycles. The van der Waals surface area contributed by atoms with Gasteiger partial charge in [-0.3, -0.25) is 0 Å². The third kappa shape index (κ3) is 5.35. The van der Waals surface area contributed by atoms with Gasteiger partial charge in [-0.2, -0.15) is 10.4 Å². The van der Waals surface area contributed by atoms with E-state index >= 15 is 0 Å². The summed E-state index contributed by atoms with van der Waals surface area (Å²) in [5.41, 5.74) is 5.70. The van der Waals surface area contributed by atoms with E-state index in [1.165, 1.54) is 0 Å². The first-order valence-corrected chi connectivity index (χ1v) is 2.56. The van der Waals surface area contributed by atoms with E-state index in [4.69, 9.17) is 5.53 Å². The second-order valence-corrected chi connectivity index (χ2v) is 2.59. The molecule has 1 atom stereocenters. The topological polar surface area (TPSA) is 72.9 Å². The van der Waals surface area contributed by atoms with Gasteiger partial charge in [0, 0.05) is 0 Å². The van der Waals surface area contributed by atoms with Crippen LogP contribution >= 0.6 is 0 Å². The fourth-order valence-electron chi connectivity index (χ4n) is 0.285. The van der Waals surface area contributed by atoms with Gasteiger partial charge in [-0.05, 0) is 20.8 Å². The first-order chi connectivity index (χ1) is 3.95. The number of hydrogen-bond donors (Lipinski definition) is 2. The third-order valence-corrected chi connectivity index (χ3v) is 0.485. The Morgan fingerprint density at radius 1 is 1.56 bits per heavy atom. The van der Waals surface area contributed by atoms with Crippen LogP contribution in [0.25, 0.3) is 0 Å². The van der Waals surface area contributed by atoms with Crippen molar-refractivity contribution in [1.29, 1.82) is 5.53 Å². The first kappa shape index (κ1) is 8.48. The zero-order chi connectivity index (χ0) is 7.49. The van der Waals surface area contributed by atoms with Crippen molar-refractivity contribution in [2.24, 2.45) is 5.22 Å². The fourth-order valence-corrected chi connectivity index (χ4v) is 0.285. The molecule has 0 radical (unpaired) electrons. The van der Waals surface area contributed by atoms with Crippen LogP contribution in [-0.2, 0) is 4.84 Å². The molecular formula is C4H11N3O2. The average Bonchev–Trinajstić information content (AvgIpc) is 1.62. The molecular weight excluding hydrogens is 122 g/mol. The van der Waals surface area contributed by atoms with Crippen molar-refractivity contribution in [1.82, 2.24) is 0 Å². The highest BCUT2D eigenvalue weighted by Gasteiger charge is 2.15. The maximum Gasteiger partial charge on any atom is 0.123 e. The molecule has 0 amide bonds. The van der Waals surface area contributed by atoms with E-state index in [0.717, 1.165) is 0 Å². The molecule has 0 aromatic rings. The van der Waals surface area contributed by atoms with E-state index in [1.54, 1.807) is 20.8 Å². The smallest absolute Gasteiger partial charge is 0.123 e. The Morgan fingerprint density at radius 3 is 2.11 bits per heavy atom. The van der Waals surface area contributed by atoms with Gasteiger partial charge in [0.25, 0.3) is 0 Å². The molecule has 0 fully saturated rings. The van der Waals surface area contributed by atoms with Crippen molar-refractivity contribution in [3.63, 3.8) is 0 Å². The third-order valence-electron chi connectivity index (χ3n) is 0.485. The second-order valence-electron chi connectivity index (χ2n) is 2.59. The molecule has 0 rings (SSSR count). The van der Waals surface area contributed by atoms with E-state index in [9.17, 15) is 5.21 Å². The van der Waals surface area contributed by atoms with Crippen molar-refractivity contribution in [3.05, 3.63) is 5.21 Å². The summed E-state index contributed by atoms with van der Waals surface area (Å²) in [6.45, 7) is 5.15. The van der Waals surface area contributed by atoms with Crippen molar-refractivity contribution in [3.8, 4) is 0 Å². The minimum Gasteiger partial charge on any atom is -0.571 e. The van der Waals surface area contributed by atoms with Crippen LogP contribution in [0.3, 0.4) is 0 Å². The van der Waals surface area contributed by atoms with Gasteiger partial charge < -0.3 is 5.21 Å². The lowest BCUT2D eigenvalue weighted by Crippen LogP contribution is -3.02. The Balaban J connectivity index is 3.59. The molecule has 0 heterocycles. The Kier molecular flexibility index (Phi) is 2.69. The van der Waals surface area contributed by atoms with Crippen LogP contribution in [0.2, 0.25) is 0 Å². The summed E-state index contributed by atoms with van der Waals surface area (Å²) in [5.74, 6) is 0. The normalized spacial score (nSPS) is 15.1. The molecule has 5 nitrogen and oxygen atoms in total. The van der Waals surface area contributed by atoms with Gasteiger partial charge in [-0.25, -0.2) is 0 Å². The quantitative estimate of drug-likeness (QED) is 0.412. The van der Waals surface area contributed by atoms with Crippen LogP contribution in [0, 0.1) is 10.7 Å². The second kappa shape index (κ2) is 2.86. The molecule has 1 unspecified atom stereocenters. The SMILES string of the molecule is CC(C)(C)O[NH+]([O-])N=N. The molecule has 0 aliphatic heterocycles. The van der Waals surface area contributed by atoms with Crippen LogP contribution in [0.1, 0.15) is 20.8 Å². The van der Waals surface area contributed by atoms with Gasteiger partial charge in [-0.1, -0.05) is 5.34 Å². The zero-order valence-electron chi connectivity index (χ0n) is 5.76. The summed E-state index contributed by atoms with van der Waals surface area (Å²) in [6.07, 6.45) is 0. The highest BCUT2D eigenvalue weighted by molar-refractivity contribution is 4.53. The number of nitrogens with zero attached hydrogens (tertiary/aromatic N) is 1. The van der Waals surface area contributed by atoms with Gasteiger partial charge in [0.05, 0.1) is 5.22 Å². The molecule has 0 aliphatic rings. The molecule has 0 aliphatic carbocycles.